The molecule has 0 spiro atoms. The summed E-state index contributed by atoms with van der Waals surface area (Å²) in [6, 6.07) is 16.1. The number of oxazole rings is 1. The van der Waals surface area contributed by atoms with Gasteiger partial charge in [-0.25, -0.2) is 4.79 Å². The van der Waals surface area contributed by atoms with Gasteiger partial charge in [0.15, 0.2) is 5.58 Å². The van der Waals surface area contributed by atoms with Crippen LogP contribution in [0.1, 0.15) is 12.0 Å². The van der Waals surface area contributed by atoms with E-state index in [4.69, 9.17) is 13.9 Å². The van der Waals surface area contributed by atoms with Crippen LogP contribution >= 0.6 is 0 Å². The summed E-state index contributed by atoms with van der Waals surface area (Å²) < 4.78 is 18.0. The second-order valence-electron chi connectivity index (χ2n) is 10.2. The van der Waals surface area contributed by atoms with Gasteiger partial charge in [-0.3, -0.25) is 14.3 Å². The molecule has 203 valence electrons. The largest absolute Gasteiger partial charge is 0.419 e. The first kappa shape index (κ1) is 27.3. The van der Waals surface area contributed by atoms with Crippen LogP contribution in [0.15, 0.2) is 51.7 Å². The minimum atomic E-state index is -1.27. The second kappa shape index (κ2) is 11.9. The van der Waals surface area contributed by atoms with Gasteiger partial charge in [0.25, 0.3) is 5.91 Å². The molecule has 2 saturated heterocycles. The summed E-state index contributed by atoms with van der Waals surface area (Å²) in [6.07, 6.45) is 0.473. The zero-order valence-corrected chi connectivity index (χ0v) is 22.9. The van der Waals surface area contributed by atoms with Crippen molar-refractivity contribution >= 4 is 27.2 Å². The van der Waals surface area contributed by atoms with Gasteiger partial charge in [-0.2, -0.15) is 5.26 Å². The van der Waals surface area contributed by atoms with Crippen molar-refractivity contribution in [1.29, 1.82) is 5.26 Å². The van der Waals surface area contributed by atoms with Crippen LogP contribution in [0.2, 0.25) is 0 Å². The summed E-state index contributed by atoms with van der Waals surface area (Å²) in [5.41, 5.74) is 4.08. The molecule has 0 saturated carbocycles. The Kier molecular flexibility index (Phi) is 8.30. The maximum Gasteiger partial charge on any atom is 0.419 e. The summed E-state index contributed by atoms with van der Waals surface area (Å²) >= 11 is 0. The van der Waals surface area contributed by atoms with Crippen molar-refractivity contribution in [2.75, 3.05) is 46.5 Å². The molecule has 1 amide bonds. The number of aromatic nitrogens is 1. The first-order valence-corrected chi connectivity index (χ1v) is 13.7. The van der Waals surface area contributed by atoms with Crippen LogP contribution in [0.4, 0.5) is 0 Å². The van der Waals surface area contributed by atoms with Crippen molar-refractivity contribution < 1.29 is 18.7 Å². The molecule has 3 radical (unpaired) electrons. The molecule has 5 rings (SSSR count). The van der Waals surface area contributed by atoms with Crippen LogP contribution in [-0.2, 0) is 27.2 Å². The molecular weight excluding hydrogens is 514 g/mol. The third kappa shape index (κ3) is 6.32. The lowest BCUT2D eigenvalue weighted by Crippen LogP contribution is -2.54. The topological polar surface area (TPSA) is 122 Å². The van der Waals surface area contributed by atoms with Gasteiger partial charge in [0.1, 0.15) is 11.3 Å². The summed E-state index contributed by atoms with van der Waals surface area (Å²) in [5.74, 6) is -0.697. The van der Waals surface area contributed by atoms with Crippen molar-refractivity contribution in [2.45, 2.75) is 36.7 Å². The number of carbonyl (C=O) groups excluding carboxylic acids is 1. The quantitative estimate of drug-likeness (QED) is 0.382. The molecule has 3 aromatic rings. The Labute approximate surface area is 230 Å². The third-order valence-electron chi connectivity index (χ3n) is 7.31. The number of nitrogens with zero attached hydrogens (tertiary/aromatic N) is 3. The van der Waals surface area contributed by atoms with Crippen LogP contribution in [0.5, 0.6) is 0 Å². The molecule has 11 heteroatoms. The fraction of sp³-hybridized carbons (Fsp3) is 0.464. The van der Waals surface area contributed by atoms with Gasteiger partial charge in [-0.1, -0.05) is 30.3 Å². The van der Waals surface area contributed by atoms with E-state index in [1.807, 2.05) is 49.5 Å². The minimum absolute atomic E-state index is 0.270. The molecule has 2 N–H and O–H groups in total. The fourth-order valence-corrected chi connectivity index (χ4v) is 5.11. The SMILES string of the molecule is CN(CCn1c(=O)oc2ccc(-c3ccc(C[C@]([Si])(C#N)NC(=O)[C@@H]4CNCCCO4)cc3)cc21)C1COC1. The van der Waals surface area contributed by atoms with Crippen molar-refractivity contribution in [3.8, 4) is 17.2 Å². The van der Waals surface area contributed by atoms with Crippen LogP contribution in [-0.4, -0.2) is 89.4 Å². The molecule has 0 aliphatic carbocycles. The zero-order valence-electron chi connectivity index (χ0n) is 21.9. The Morgan fingerprint density at radius 3 is 2.74 bits per heavy atom. The predicted molar refractivity (Wildman–Crippen MR) is 146 cm³/mol. The number of benzene rings is 2. The first-order valence-electron chi connectivity index (χ1n) is 13.2. The monoisotopic (exact) mass is 546 g/mol. The highest BCUT2D eigenvalue weighted by molar-refractivity contribution is 6.19. The Bertz CT molecular complexity index is 1400. The van der Waals surface area contributed by atoms with E-state index < -0.39 is 11.3 Å². The normalized spacial score (nSPS) is 19.7. The van der Waals surface area contributed by atoms with E-state index in [1.165, 1.54) is 0 Å². The Balaban J connectivity index is 1.28. The Morgan fingerprint density at radius 2 is 2.03 bits per heavy atom. The van der Waals surface area contributed by atoms with Gasteiger partial charge in [0.2, 0.25) is 0 Å². The molecule has 10 nitrogen and oxygen atoms in total. The number of hydrogen-bond acceptors (Lipinski definition) is 8. The Hall–Kier alpha value is -3.27. The molecule has 2 aliphatic heterocycles. The molecule has 0 bridgehead atoms. The summed E-state index contributed by atoms with van der Waals surface area (Å²) in [4.78, 5) is 27.5. The number of fused-ring (bicyclic) bond motifs is 1. The average Bonchev–Trinajstić information content (AvgIpc) is 3.04. The van der Waals surface area contributed by atoms with Crippen LogP contribution in [0, 0.1) is 11.3 Å². The van der Waals surface area contributed by atoms with E-state index >= 15 is 0 Å². The van der Waals surface area contributed by atoms with Crippen molar-refractivity contribution in [2.24, 2.45) is 0 Å². The number of carbonyl (C=O) groups is 1. The number of likely N-dealkylation sites (N-methyl/N-ethyl adjacent to an activating group) is 1. The van der Waals surface area contributed by atoms with E-state index in [-0.39, 0.29) is 18.1 Å². The van der Waals surface area contributed by atoms with Crippen LogP contribution in [0.3, 0.4) is 0 Å². The fourth-order valence-electron chi connectivity index (χ4n) is 4.78. The smallest absolute Gasteiger partial charge is 0.408 e. The predicted octanol–water partition coefficient (Wildman–Crippen LogP) is 1.02. The summed E-state index contributed by atoms with van der Waals surface area (Å²) in [5, 5.41) is 14.5. The number of amides is 1. The highest BCUT2D eigenvalue weighted by Gasteiger charge is 2.31. The number of ether oxygens (including phenoxy) is 2. The van der Waals surface area contributed by atoms with Gasteiger partial charge in [-0.05, 0) is 48.8 Å². The number of nitrogens with one attached hydrogen (secondary N) is 2. The van der Waals surface area contributed by atoms with Gasteiger partial charge in [-0.15, -0.1) is 0 Å². The molecule has 2 aliphatic rings. The van der Waals surface area contributed by atoms with Crippen molar-refractivity contribution in [3.63, 3.8) is 0 Å². The van der Waals surface area contributed by atoms with E-state index in [0.29, 0.717) is 37.9 Å². The molecule has 1 aromatic heterocycles. The van der Waals surface area contributed by atoms with Crippen molar-refractivity contribution in [3.05, 3.63) is 58.6 Å². The highest BCUT2D eigenvalue weighted by atomic mass is 28.1. The Morgan fingerprint density at radius 1 is 1.26 bits per heavy atom. The van der Waals surface area contributed by atoms with E-state index in [9.17, 15) is 14.9 Å². The second-order valence-corrected chi connectivity index (χ2v) is 11.0. The molecule has 0 unspecified atom stereocenters. The van der Waals surface area contributed by atoms with Gasteiger partial charge >= 0.3 is 5.76 Å². The van der Waals surface area contributed by atoms with E-state index in [2.05, 4.69) is 31.8 Å². The van der Waals surface area contributed by atoms with E-state index in [0.717, 1.165) is 48.4 Å². The van der Waals surface area contributed by atoms with Gasteiger partial charge in [0, 0.05) is 32.7 Å². The molecule has 39 heavy (non-hydrogen) atoms. The maximum absolute atomic E-state index is 12.7. The first-order chi connectivity index (χ1) is 18.8. The van der Waals surface area contributed by atoms with E-state index in [1.54, 1.807) is 4.57 Å². The number of hydrogen-bond donors (Lipinski definition) is 2. The number of rotatable bonds is 9. The van der Waals surface area contributed by atoms with Crippen LogP contribution in [0.25, 0.3) is 22.2 Å². The number of nitriles is 1. The lowest BCUT2D eigenvalue weighted by molar-refractivity contribution is -0.132. The third-order valence-corrected chi connectivity index (χ3v) is 7.72. The summed E-state index contributed by atoms with van der Waals surface area (Å²) in [7, 11) is 5.53. The lowest BCUT2D eigenvalue weighted by Gasteiger charge is -2.34. The maximum atomic E-state index is 12.7. The molecule has 2 atom stereocenters. The molecule has 3 heterocycles. The molecular formula is C28H32N5O5Si. The standard InChI is InChI=1S/C28H32N5O5Si/c1-32(22-16-36-17-22)10-11-33-23-13-21(7-8-24(23)38-27(33)35)20-5-3-19(4-6-20)14-28(39,18-29)31-26(34)25-15-30-9-2-12-37-25/h3-8,13,22,25,30H,2,9-12,14-17H2,1H3,(H,31,34)/t25-,28-/m0/s1. The van der Waals surface area contributed by atoms with Crippen molar-refractivity contribution in [1.82, 2.24) is 20.1 Å². The average molecular weight is 547 g/mol. The lowest BCUT2D eigenvalue weighted by atomic mass is 10.00. The molecule has 2 fully saturated rings. The zero-order chi connectivity index (χ0) is 27.4. The minimum Gasteiger partial charge on any atom is -0.408 e. The van der Waals surface area contributed by atoms with Gasteiger partial charge in [0.05, 0.1) is 41.1 Å². The van der Waals surface area contributed by atoms with Gasteiger partial charge < -0.3 is 24.5 Å². The molecule has 2 aromatic carbocycles. The van der Waals surface area contributed by atoms with Crippen LogP contribution < -0.4 is 16.4 Å². The summed E-state index contributed by atoms with van der Waals surface area (Å²) in [6.45, 7) is 4.40. The highest BCUT2D eigenvalue weighted by Crippen LogP contribution is 2.25.